The van der Waals surface area contributed by atoms with Gasteiger partial charge < -0.3 is 18.6 Å². The minimum Gasteiger partial charge on any atom is -0.443 e. The van der Waals surface area contributed by atoms with Gasteiger partial charge in [-0.05, 0) is 82.1 Å². The lowest BCUT2D eigenvalue weighted by atomic mass is 10.1. The highest BCUT2D eigenvalue weighted by Gasteiger charge is 2.21. The largest absolute Gasteiger partial charge is 0.443 e. The standard InChI is InChI=1S/C28H41N5O2/c1-21(2)11-17-32(18-12-22(3)4)28(34)23-9-10-25-30-26(27-29-13-19-35-27)24(33(25)20-23)8-7-16-31-14-5-6-15-31/h9-10,13,19-22H,5-8,11-12,14-18H2,1-4H3. The molecule has 7 heteroatoms. The number of rotatable bonds is 12. The van der Waals surface area contributed by atoms with Gasteiger partial charge in [0.25, 0.3) is 5.91 Å². The molecule has 1 aliphatic heterocycles. The zero-order valence-electron chi connectivity index (χ0n) is 21.9. The molecule has 190 valence electrons. The van der Waals surface area contributed by atoms with Crippen LogP contribution < -0.4 is 0 Å². The van der Waals surface area contributed by atoms with Crippen molar-refractivity contribution >= 4 is 11.6 Å². The summed E-state index contributed by atoms with van der Waals surface area (Å²) in [7, 11) is 0. The Morgan fingerprint density at radius 1 is 1.09 bits per heavy atom. The van der Waals surface area contributed by atoms with Crippen LogP contribution in [0.5, 0.6) is 0 Å². The predicted octanol–water partition coefficient (Wildman–Crippen LogP) is 5.55. The molecule has 7 nitrogen and oxygen atoms in total. The van der Waals surface area contributed by atoms with Crippen molar-refractivity contribution in [1.82, 2.24) is 24.2 Å². The van der Waals surface area contributed by atoms with E-state index in [2.05, 4.69) is 42.0 Å². The van der Waals surface area contributed by atoms with E-state index in [0.29, 0.717) is 23.3 Å². The van der Waals surface area contributed by atoms with E-state index >= 15 is 0 Å². The summed E-state index contributed by atoms with van der Waals surface area (Å²) < 4.78 is 7.70. The van der Waals surface area contributed by atoms with Gasteiger partial charge in [0.15, 0.2) is 0 Å². The van der Waals surface area contributed by atoms with Gasteiger partial charge in [-0.15, -0.1) is 0 Å². The summed E-state index contributed by atoms with van der Waals surface area (Å²) in [6.07, 6.45) is 11.7. The van der Waals surface area contributed by atoms with Crippen molar-refractivity contribution in [3.63, 3.8) is 0 Å². The lowest BCUT2D eigenvalue weighted by Crippen LogP contribution is -2.34. The molecule has 4 rings (SSSR count). The van der Waals surface area contributed by atoms with Crippen molar-refractivity contribution < 1.29 is 9.21 Å². The Hall–Kier alpha value is -2.67. The highest BCUT2D eigenvalue weighted by Crippen LogP contribution is 2.26. The maximum atomic E-state index is 13.6. The average Bonchev–Trinajstić information content (AvgIpc) is 3.59. The predicted molar refractivity (Wildman–Crippen MR) is 139 cm³/mol. The van der Waals surface area contributed by atoms with E-state index in [9.17, 15) is 4.79 Å². The van der Waals surface area contributed by atoms with Crippen LogP contribution in [0.1, 0.15) is 75.9 Å². The quantitative estimate of drug-likeness (QED) is 0.341. The summed E-state index contributed by atoms with van der Waals surface area (Å²) in [5.74, 6) is 1.76. The number of aryl methyl sites for hydroxylation is 1. The minimum atomic E-state index is 0.0996. The first kappa shape index (κ1) is 25.4. The summed E-state index contributed by atoms with van der Waals surface area (Å²) in [6.45, 7) is 13.9. The number of aromatic nitrogens is 3. The Bertz CT molecular complexity index is 1070. The molecule has 3 aromatic heterocycles. The summed E-state index contributed by atoms with van der Waals surface area (Å²) in [5.41, 5.74) is 3.37. The van der Waals surface area contributed by atoms with Crippen LogP contribution in [-0.2, 0) is 6.42 Å². The molecule has 0 radical (unpaired) electrons. The van der Waals surface area contributed by atoms with Crippen molar-refractivity contribution in [2.75, 3.05) is 32.7 Å². The number of carbonyl (C=O) groups excluding carboxylic acids is 1. The van der Waals surface area contributed by atoms with Crippen molar-refractivity contribution in [3.8, 4) is 11.6 Å². The summed E-state index contributed by atoms with van der Waals surface area (Å²) in [4.78, 5) is 27.4. The first-order chi connectivity index (χ1) is 16.9. The Labute approximate surface area is 209 Å². The highest BCUT2D eigenvalue weighted by atomic mass is 16.3. The third kappa shape index (κ3) is 6.51. The monoisotopic (exact) mass is 479 g/mol. The molecule has 1 amide bonds. The summed E-state index contributed by atoms with van der Waals surface area (Å²) in [5, 5.41) is 0. The van der Waals surface area contributed by atoms with E-state index in [1.165, 1.54) is 25.9 Å². The molecule has 1 aliphatic rings. The van der Waals surface area contributed by atoms with Gasteiger partial charge >= 0.3 is 0 Å². The third-order valence-electron chi connectivity index (χ3n) is 6.93. The molecule has 1 fully saturated rings. The number of oxazole rings is 1. The number of imidazole rings is 1. The molecule has 35 heavy (non-hydrogen) atoms. The lowest BCUT2D eigenvalue weighted by Gasteiger charge is -2.24. The molecule has 0 atom stereocenters. The molecule has 0 unspecified atom stereocenters. The van der Waals surface area contributed by atoms with Crippen LogP contribution in [0, 0.1) is 11.8 Å². The lowest BCUT2D eigenvalue weighted by molar-refractivity contribution is 0.0740. The van der Waals surface area contributed by atoms with Crippen molar-refractivity contribution in [3.05, 3.63) is 42.0 Å². The number of likely N-dealkylation sites (tertiary alicyclic amines) is 1. The number of fused-ring (bicyclic) bond motifs is 1. The first-order valence-corrected chi connectivity index (χ1v) is 13.3. The SMILES string of the molecule is CC(C)CCN(CCC(C)C)C(=O)c1ccc2nc(-c3ncco3)c(CCCN3CCCC3)n2c1. The molecule has 0 aliphatic carbocycles. The number of amides is 1. The van der Waals surface area contributed by atoms with E-state index in [-0.39, 0.29) is 5.91 Å². The van der Waals surface area contributed by atoms with Crippen LogP contribution in [0.2, 0.25) is 0 Å². The smallest absolute Gasteiger partial charge is 0.255 e. The molecule has 3 aromatic rings. The van der Waals surface area contributed by atoms with Gasteiger partial charge in [-0.3, -0.25) is 4.79 Å². The minimum absolute atomic E-state index is 0.0996. The van der Waals surface area contributed by atoms with Crippen LogP contribution in [-0.4, -0.2) is 62.8 Å². The van der Waals surface area contributed by atoms with Crippen LogP contribution >= 0.6 is 0 Å². The average molecular weight is 480 g/mol. The van der Waals surface area contributed by atoms with E-state index in [1.54, 1.807) is 12.5 Å². The number of pyridine rings is 1. The Kier molecular flexibility index (Phi) is 8.60. The van der Waals surface area contributed by atoms with Crippen molar-refractivity contribution in [2.24, 2.45) is 11.8 Å². The van der Waals surface area contributed by atoms with Gasteiger partial charge in [-0.25, -0.2) is 9.97 Å². The molecule has 0 saturated carbocycles. The van der Waals surface area contributed by atoms with Crippen LogP contribution in [0.25, 0.3) is 17.2 Å². The molecule has 1 saturated heterocycles. The second-order valence-electron chi connectivity index (χ2n) is 10.7. The van der Waals surface area contributed by atoms with E-state index in [1.807, 2.05) is 23.2 Å². The Morgan fingerprint density at radius 3 is 2.43 bits per heavy atom. The van der Waals surface area contributed by atoms with Gasteiger partial charge in [0.2, 0.25) is 5.89 Å². The fourth-order valence-electron chi connectivity index (χ4n) is 4.77. The molecular formula is C28H41N5O2. The number of nitrogens with zero attached hydrogens (tertiary/aromatic N) is 5. The Morgan fingerprint density at radius 2 is 1.80 bits per heavy atom. The van der Waals surface area contributed by atoms with E-state index in [4.69, 9.17) is 9.40 Å². The molecule has 0 spiro atoms. The van der Waals surface area contributed by atoms with Crippen LogP contribution in [0.15, 0.2) is 35.2 Å². The maximum Gasteiger partial charge on any atom is 0.255 e. The van der Waals surface area contributed by atoms with Gasteiger partial charge in [-0.2, -0.15) is 0 Å². The van der Waals surface area contributed by atoms with E-state index < -0.39 is 0 Å². The Balaban J connectivity index is 1.61. The second kappa shape index (κ2) is 11.8. The molecular weight excluding hydrogens is 438 g/mol. The summed E-state index contributed by atoms with van der Waals surface area (Å²) in [6, 6.07) is 3.86. The fourth-order valence-corrected chi connectivity index (χ4v) is 4.77. The molecule has 0 N–H and O–H groups in total. The highest BCUT2D eigenvalue weighted by molar-refractivity contribution is 5.94. The number of hydrogen-bond donors (Lipinski definition) is 0. The molecule has 0 bridgehead atoms. The van der Waals surface area contributed by atoms with Gasteiger partial charge in [0.05, 0.1) is 17.5 Å². The fraction of sp³-hybridized carbons (Fsp3) is 0.607. The van der Waals surface area contributed by atoms with Crippen molar-refractivity contribution in [1.29, 1.82) is 0 Å². The molecule has 0 aromatic carbocycles. The van der Waals surface area contributed by atoms with Gasteiger partial charge in [0, 0.05) is 19.3 Å². The van der Waals surface area contributed by atoms with Crippen LogP contribution in [0.3, 0.4) is 0 Å². The topological polar surface area (TPSA) is 66.9 Å². The summed E-state index contributed by atoms with van der Waals surface area (Å²) >= 11 is 0. The number of hydrogen-bond acceptors (Lipinski definition) is 5. The normalized spacial score (nSPS) is 14.6. The molecule has 4 heterocycles. The number of carbonyl (C=O) groups is 1. The second-order valence-corrected chi connectivity index (χ2v) is 10.7. The van der Waals surface area contributed by atoms with Gasteiger partial charge in [-0.1, -0.05) is 27.7 Å². The first-order valence-electron chi connectivity index (χ1n) is 13.3. The third-order valence-corrected chi connectivity index (χ3v) is 6.93. The van der Waals surface area contributed by atoms with Crippen LogP contribution in [0.4, 0.5) is 0 Å². The zero-order valence-corrected chi connectivity index (χ0v) is 21.9. The van der Waals surface area contributed by atoms with Crippen molar-refractivity contribution in [2.45, 2.75) is 66.2 Å². The maximum absolute atomic E-state index is 13.6. The zero-order chi connectivity index (χ0) is 24.8. The van der Waals surface area contributed by atoms with Gasteiger partial charge in [0.1, 0.15) is 17.6 Å². The van der Waals surface area contributed by atoms with E-state index in [0.717, 1.165) is 62.4 Å².